The Morgan fingerprint density at radius 1 is 1.39 bits per heavy atom. The van der Waals surface area contributed by atoms with E-state index in [1.54, 1.807) is 11.3 Å². The Labute approximate surface area is 140 Å². The molecule has 23 heavy (non-hydrogen) atoms. The minimum atomic E-state index is 0.130. The third-order valence-electron chi connectivity index (χ3n) is 4.91. The van der Waals surface area contributed by atoms with Crippen molar-refractivity contribution < 1.29 is 0 Å². The van der Waals surface area contributed by atoms with Gasteiger partial charge in [0.1, 0.15) is 10.7 Å². The second kappa shape index (κ2) is 5.73. The van der Waals surface area contributed by atoms with Gasteiger partial charge in [0.05, 0.1) is 5.69 Å². The zero-order valence-corrected chi connectivity index (χ0v) is 14.5. The van der Waals surface area contributed by atoms with Crippen LogP contribution >= 0.6 is 11.3 Å². The molecule has 1 fully saturated rings. The number of thiazole rings is 1. The van der Waals surface area contributed by atoms with Gasteiger partial charge in [-0.2, -0.15) is 0 Å². The van der Waals surface area contributed by atoms with E-state index in [0.29, 0.717) is 0 Å². The summed E-state index contributed by atoms with van der Waals surface area (Å²) in [4.78, 5) is 13.0. The summed E-state index contributed by atoms with van der Waals surface area (Å²) in [5.41, 5.74) is 2.70. The number of fused-ring (bicyclic) bond motifs is 1. The van der Waals surface area contributed by atoms with Crippen LogP contribution in [0.25, 0.3) is 4.83 Å². The Kier molecular flexibility index (Phi) is 3.70. The summed E-state index contributed by atoms with van der Waals surface area (Å²) in [6, 6.07) is 4.18. The summed E-state index contributed by atoms with van der Waals surface area (Å²) in [7, 11) is 0. The van der Waals surface area contributed by atoms with Gasteiger partial charge in [0.25, 0.3) is 0 Å². The number of aryl methyl sites for hydroxylation is 1. The van der Waals surface area contributed by atoms with Gasteiger partial charge in [0.15, 0.2) is 0 Å². The van der Waals surface area contributed by atoms with Gasteiger partial charge in [0.2, 0.25) is 0 Å². The van der Waals surface area contributed by atoms with E-state index in [9.17, 15) is 0 Å². The van der Waals surface area contributed by atoms with Crippen molar-refractivity contribution in [2.45, 2.75) is 38.6 Å². The average Bonchev–Trinajstić information content (AvgIpc) is 3.13. The molecule has 3 aromatic heterocycles. The molecule has 1 aliphatic rings. The topological polar surface area (TPSA) is 33.4 Å². The van der Waals surface area contributed by atoms with E-state index in [4.69, 9.17) is 4.98 Å². The third kappa shape index (κ3) is 2.68. The molecule has 1 aliphatic heterocycles. The van der Waals surface area contributed by atoms with Gasteiger partial charge in [-0.1, -0.05) is 13.0 Å². The number of rotatable bonds is 3. The molecule has 4 heterocycles. The Hall–Kier alpha value is -1.72. The number of likely N-dealkylation sites (tertiary alicyclic amines) is 1. The second-order valence-corrected chi connectivity index (χ2v) is 7.72. The highest BCUT2D eigenvalue weighted by Gasteiger charge is 2.36. The van der Waals surface area contributed by atoms with E-state index >= 15 is 0 Å². The van der Waals surface area contributed by atoms with Crippen molar-refractivity contribution >= 4 is 16.2 Å². The zero-order valence-electron chi connectivity index (χ0n) is 13.7. The van der Waals surface area contributed by atoms with Crippen molar-refractivity contribution in [3.8, 4) is 0 Å². The molecule has 4 nitrogen and oxygen atoms in total. The summed E-state index contributed by atoms with van der Waals surface area (Å²) in [5, 5.41) is 2.16. The van der Waals surface area contributed by atoms with Crippen LogP contribution < -0.4 is 0 Å². The molecule has 4 rings (SSSR count). The quantitative estimate of drug-likeness (QED) is 0.736. The van der Waals surface area contributed by atoms with Gasteiger partial charge in [-0.25, -0.2) is 4.98 Å². The van der Waals surface area contributed by atoms with Crippen molar-refractivity contribution in [2.75, 3.05) is 13.1 Å². The van der Waals surface area contributed by atoms with Gasteiger partial charge in [-0.3, -0.25) is 14.3 Å². The monoisotopic (exact) mass is 326 g/mol. The van der Waals surface area contributed by atoms with Crippen molar-refractivity contribution in [1.29, 1.82) is 0 Å². The first-order valence-corrected chi connectivity index (χ1v) is 9.08. The lowest BCUT2D eigenvalue weighted by molar-refractivity contribution is 0.148. The Balaban J connectivity index is 1.61. The molecule has 0 N–H and O–H groups in total. The molecule has 0 amide bonds. The Morgan fingerprint density at radius 3 is 3.13 bits per heavy atom. The summed E-state index contributed by atoms with van der Waals surface area (Å²) in [6.45, 7) is 7.67. The van der Waals surface area contributed by atoms with Crippen molar-refractivity contribution in [3.05, 3.63) is 53.2 Å². The van der Waals surface area contributed by atoms with E-state index in [2.05, 4.69) is 45.8 Å². The van der Waals surface area contributed by atoms with E-state index in [-0.39, 0.29) is 5.41 Å². The number of piperidine rings is 1. The lowest BCUT2D eigenvalue weighted by atomic mass is 9.79. The fraction of sp³-hybridized carbons (Fsp3) is 0.444. The minimum absolute atomic E-state index is 0.130. The predicted molar refractivity (Wildman–Crippen MR) is 93.9 cm³/mol. The smallest absolute Gasteiger partial charge is 0.123 e. The van der Waals surface area contributed by atoms with Crippen LogP contribution in [0, 0.1) is 6.92 Å². The molecule has 0 aromatic carbocycles. The normalized spacial score (nSPS) is 22.7. The highest BCUT2D eigenvalue weighted by molar-refractivity contribution is 7.15. The Morgan fingerprint density at radius 2 is 2.30 bits per heavy atom. The number of hydrogen-bond donors (Lipinski definition) is 0. The standard InChI is InChI=1S/C18H22N4S/c1-14-20-16(17-22(14)9-10-23-17)18(2)6-4-8-21(13-18)12-15-5-3-7-19-11-15/h3,5,7,9-11H,4,6,8,12-13H2,1-2H3. The summed E-state index contributed by atoms with van der Waals surface area (Å²) < 4.78 is 2.23. The maximum atomic E-state index is 4.92. The largest absolute Gasteiger partial charge is 0.298 e. The molecule has 0 saturated carbocycles. The van der Waals surface area contributed by atoms with Crippen LogP contribution in [0.15, 0.2) is 36.1 Å². The van der Waals surface area contributed by atoms with E-state index in [1.807, 2.05) is 18.5 Å². The molecule has 0 radical (unpaired) electrons. The molecule has 3 aromatic rings. The van der Waals surface area contributed by atoms with Crippen LogP contribution in [0.4, 0.5) is 0 Å². The highest BCUT2D eigenvalue weighted by Crippen LogP contribution is 2.37. The van der Waals surface area contributed by atoms with Crippen LogP contribution in [0.1, 0.15) is 36.8 Å². The number of hydrogen-bond acceptors (Lipinski definition) is 4. The Bertz CT molecular complexity index is 807. The van der Waals surface area contributed by atoms with Gasteiger partial charge in [-0.15, -0.1) is 11.3 Å². The molecule has 120 valence electrons. The van der Waals surface area contributed by atoms with E-state index in [0.717, 1.165) is 25.5 Å². The highest BCUT2D eigenvalue weighted by atomic mass is 32.1. The fourth-order valence-electron chi connectivity index (χ4n) is 3.78. The fourth-order valence-corrected chi connectivity index (χ4v) is 4.81. The number of pyridine rings is 1. The number of nitrogens with zero attached hydrogens (tertiary/aromatic N) is 4. The number of imidazole rings is 1. The van der Waals surface area contributed by atoms with Crippen LogP contribution in [-0.4, -0.2) is 32.4 Å². The van der Waals surface area contributed by atoms with Gasteiger partial charge in [0, 0.05) is 42.5 Å². The maximum absolute atomic E-state index is 4.92. The summed E-state index contributed by atoms with van der Waals surface area (Å²) in [5.74, 6) is 1.10. The van der Waals surface area contributed by atoms with Crippen LogP contribution in [0.3, 0.4) is 0 Å². The zero-order chi connectivity index (χ0) is 15.9. The van der Waals surface area contributed by atoms with Crippen molar-refractivity contribution in [2.24, 2.45) is 0 Å². The molecule has 0 spiro atoms. The predicted octanol–water partition coefficient (Wildman–Crippen LogP) is 3.65. The van der Waals surface area contributed by atoms with Crippen LogP contribution in [-0.2, 0) is 12.0 Å². The first-order valence-electron chi connectivity index (χ1n) is 8.20. The van der Waals surface area contributed by atoms with Gasteiger partial charge < -0.3 is 0 Å². The first-order chi connectivity index (χ1) is 11.2. The molecule has 5 heteroatoms. The summed E-state index contributed by atoms with van der Waals surface area (Å²) in [6.07, 6.45) is 8.38. The lowest BCUT2D eigenvalue weighted by Crippen LogP contribution is -2.44. The molecule has 0 bridgehead atoms. The minimum Gasteiger partial charge on any atom is -0.298 e. The van der Waals surface area contributed by atoms with Crippen molar-refractivity contribution in [1.82, 2.24) is 19.3 Å². The molecule has 1 atom stereocenters. The van der Waals surface area contributed by atoms with E-state index < -0.39 is 0 Å². The average molecular weight is 326 g/mol. The summed E-state index contributed by atoms with van der Waals surface area (Å²) >= 11 is 1.80. The molecular weight excluding hydrogens is 304 g/mol. The molecular formula is C18H22N4S. The number of aromatic nitrogens is 3. The molecule has 0 aliphatic carbocycles. The van der Waals surface area contributed by atoms with Crippen LogP contribution in [0.5, 0.6) is 0 Å². The molecule has 1 unspecified atom stereocenters. The maximum Gasteiger partial charge on any atom is 0.123 e. The van der Waals surface area contributed by atoms with E-state index in [1.165, 1.54) is 28.9 Å². The van der Waals surface area contributed by atoms with Crippen LogP contribution in [0.2, 0.25) is 0 Å². The van der Waals surface area contributed by atoms with Gasteiger partial charge >= 0.3 is 0 Å². The lowest BCUT2D eigenvalue weighted by Gasteiger charge is -2.39. The third-order valence-corrected chi connectivity index (χ3v) is 5.78. The first kappa shape index (κ1) is 14.8. The molecule has 1 saturated heterocycles. The van der Waals surface area contributed by atoms with Gasteiger partial charge in [-0.05, 0) is 37.9 Å². The second-order valence-electron chi connectivity index (χ2n) is 6.82. The SMILES string of the molecule is Cc1nc(C2(C)CCCN(Cc3cccnc3)C2)c2sccn12. The van der Waals surface area contributed by atoms with Crippen molar-refractivity contribution in [3.63, 3.8) is 0 Å².